The Balaban J connectivity index is 2.16. The number of aromatic nitrogens is 2. The molecule has 0 aliphatic carbocycles. The molecule has 0 atom stereocenters. The van der Waals surface area contributed by atoms with Crippen LogP contribution in [-0.2, 0) is 0 Å². The van der Waals surface area contributed by atoms with Crippen LogP contribution in [0.1, 0.15) is 10.5 Å². The largest absolute Gasteiger partial charge is 0.507 e. The zero-order valence-electron chi connectivity index (χ0n) is 9.62. The van der Waals surface area contributed by atoms with E-state index >= 15 is 0 Å². The van der Waals surface area contributed by atoms with Crippen LogP contribution in [0.15, 0.2) is 46.3 Å². The number of carbonyl (C=O) groups is 1. The number of phenolic OH excluding ortho intramolecular Hbond substituents is 1. The first kappa shape index (κ1) is 12.4. The Bertz CT molecular complexity index is 558. The van der Waals surface area contributed by atoms with Gasteiger partial charge in [0, 0.05) is 7.05 Å². The molecule has 6 heteroatoms. The average molecular weight is 261 g/mol. The maximum atomic E-state index is 11.3. The van der Waals surface area contributed by atoms with E-state index < -0.39 is 0 Å². The fraction of sp³-hybridized carbons (Fsp3) is 0.0833. The highest BCUT2D eigenvalue weighted by Gasteiger charge is 2.07. The molecule has 0 saturated heterocycles. The molecule has 0 bridgehead atoms. The molecular formula is C12H11N3O2S. The molecule has 0 spiro atoms. The van der Waals surface area contributed by atoms with Gasteiger partial charge in [0.25, 0.3) is 5.91 Å². The van der Waals surface area contributed by atoms with Gasteiger partial charge < -0.3 is 10.4 Å². The lowest BCUT2D eigenvalue weighted by atomic mass is 10.3. The number of hydrogen-bond donors (Lipinski definition) is 2. The van der Waals surface area contributed by atoms with Crippen molar-refractivity contribution in [2.75, 3.05) is 7.05 Å². The molecule has 1 aromatic heterocycles. The molecule has 18 heavy (non-hydrogen) atoms. The molecule has 1 aromatic carbocycles. The van der Waals surface area contributed by atoms with Crippen LogP contribution >= 0.6 is 11.8 Å². The fourth-order valence-electron chi connectivity index (χ4n) is 1.28. The quantitative estimate of drug-likeness (QED) is 0.879. The first-order valence-corrected chi connectivity index (χ1v) is 6.04. The standard InChI is InChI=1S/C12H11N3O2S/c1-13-12(17)8-6-7-11(15-14-8)18-10-5-3-2-4-9(10)16/h2-7,16H,1H3,(H,13,17). The van der Waals surface area contributed by atoms with Crippen molar-refractivity contribution in [1.29, 1.82) is 0 Å². The van der Waals surface area contributed by atoms with Gasteiger partial charge in [-0.15, -0.1) is 10.2 Å². The number of rotatable bonds is 3. The molecule has 1 heterocycles. The Morgan fingerprint density at radius 1 is 1.22 bits per heavy atom. The van der Waals surface area contributed by atoms with Crippen LogP contribution in [0.2, 0.25) is 0 Å². The fourth-order valence-corrected chi connectivity index (χ4v) is 2.04. The maximum Gasteiger partial charge on any atom is 0.271 e. The molecule has 0 radical (unpaired) electrons. The van der Waals surface area contributed by atoms with E-state index in [1.54, 1.807) is 30.3 Å². The molecular weight excluding hydrogens is 250 g/mol. The number of hydrogen-bond acceptors (Lipinski definition) is 5. The van der Waals surface area contributed by atoms with Crippen LogP contribution in [0.5, 0.6) is 5.75 Å². The van der Waals surface area contributed by atoms with Crippen LogP contribution in [0.4, 0.5) is 0 Å². The number of nitrogens with zero attached hydrogens (tertiary/aromatic N) is 2. The van der Waals surface area contributed by atoms with E-state index in [0.717, 1.165) is 0 Å². The summed E-state index contributed by atoms with van der Waals surface area (Å²) in [5.74, 6) is -0.0821. The number of para-hydroxylation sites is 1. The van der Waals surface area contributed by atoms with Gasteiger partial charge in [0.15, 0.2) is 5.69 Å². The lowest BCUT2D eigenvalue weighted by Gasteiger charge is -2.03. The summed E-state index contributed by atoms with van der Waals surface area (Å²) >= 11 is 1.29. The lowest BCUT2D eigenvalue weighted by Crippen LogP contribution is -2.19. The van der Waals surface area contributed by atoms with Crippen molar-refractivity contribution in [2.45, 2.75) is 9.92 Å². The molecule has 0 unspecified atom stereocenters. The summed E-state index contributed by atoms with van der Waals surface area (Å²) < 4.78 is 0. The molecule has 92 valence electrons. The molecule has 0 aliphatic rings. The van der Waals surface area contributed by atoms with Gasteiger partial charge in [-0.2, -0.15) is 0 Å². The first-order valence-electron chi connectivity index (χ1n) is 5.22. The molecule has 2 rings (SSSR count). The predicted octanol–water partition coefficient (Wildman–Crippen LogP) is 1.69. The Hall–Kier alpha value is -2.08. The summed E-state index contributed by atoms with van der Waals surface area (Å²) in [6, 6.07) is 10.2. The third kappa shape index (κ3) is 2.78. The summed E-state index contributed by atoms with van der Waals surface area (Å²) in [7, 11) is 1.54. The topological polar surface area (TPSA) is 75.1 Å². The molecule has 0 fully saturated rings. The van der Waals surface area contributed by atoms with Gasteiger partial charge >= 0.3 is 0 Å². The van der Waals surface area contributed by atoms with E-state index in [4.69, 9.17) is 0 Å². The van der Waals surface area contributed by atoms with Crippen LogP contribution < -0.4 is 5.32 Å². The Labute approximate surface area is 108 Å². The second kappa shape index (κ2) is 5.50. The van der Waals surface area contributed by atoms with E-state index in [9.17, 15) is 9.90 Å². The van der Waals surface area contributed by atoms with Crippen molar-refractivity contribution in [1.82, 2.24) is 15.5 Å². The monoisotopic (exact) mass is 261 g/mol. The minimum Gasteiger partial charge on any atom is -0.507 e. The Morgan fingerprint density at radius 3 is 2.61 bits per heavy atom. The Morgan fingerprint density at radius 2 is 2.00 bits per heavy atom. The first-order chi connectivity index (χ1) is 8.70. The normalized spacial score (nSPS) is 10.1. The highest BCUT2D eigenvalue weighted by Crippen LogP contribution is 2.32. The lowest BCUT2D eigenvalue weighted by molar-refractivity contribution is 0.0957. The summed E-state index contributed by atoms with van der Waals surface area (Å²) in [6.07, 6.45) is 0. The zero-order chi connectivity index (χ0) is 13.0. The highest BCUT2D eigenvalue weighted by atomic mass is 32.2. The highest BCUT2D eigenvalue weighted by molar-refractivity contribution is 7.99. The van der Waals surface area contributed by atoms with E-state index in [1.807, 2.05) is 6.07 Å². The number of aromatic hydroxyl groups is 1. The number of nitrogens with one attached hydrogen (secondary N) is 1. The van der Waals surface area contributed by atoms with Crippen molar-refractivity contribution in [3.05, 3.63) is 42.1 Å². The van der Waals surface area contributed by atoms with Crippen molar-refractivity contribution in [3.63, 3.8) is 0 Å². The number of amides is 1. The maximum absolute atomic E-state index is 11.3. The molecule has 1 amide bonds. The van der Waals surface area contributed by atoms with Crippen molar-refractivity contribution < 1.29 is 9.90 Å². The molecule has 2 aromatic rings. The third-order valence-corrected chi connectivity index (χ3v) is 3.17. The number of benzene rings is 1. The smallest absolute Gasteiger partial charge is 0.271 e. The van der Waals surface area contributed by atoms with Crippen LogP contribution in [-0.4, -0.2) is 28.3 Å². The van der Waals surface area contributed by atoms with E-state index in [0.29, 0.717) is 9.92 Å². The Kier molecular flexibility index (Phi) is 3.78. The average Bonchev–Trinajstić information content (AvgIpc) is 2.41. The second-order valence-corrected chi connectivity index (χ2v) is 4.47. The van der Waals surface area contributed by atoms with Gasteiger partial charge in [0.2, 0.25) is 0 Å². The number of carbonyl (C=O) groups excluding carboxylic acids is 1. The van der Waals surface area contributed by atoms with Gasteiger partial charge in [0.05, 0.1) is 4.90 Å². The van der Waals surface area contributed by atoms with Crippen LogP contribution in [0.25, 0.3) is 0 Å². The molecule has 2 N–H and O–H groups in total. The van der Waals surface area contributed by atoms with Crippen LogP contribution in [0.3, 0.4) is 0 Å². The molecule has 0 saturated carbocycles. The number of phenols is 1. The minimum absolute atomic E-state index is 0.194. The predicted molar refractivity (Wildman–Crippen MR) is 67.7 cm³/mol. The van der Waals surface area contributed by atoms with Gasteiger partial charge in [-0.3, -0.25) is 4.79 Å². The van der Waals surface area contributed by atoms with Crippen molar-refractivity contribution in [3.8, 4) is 5.75 Å². The van der Waals surface area contributed by atoms with Gasteiger partial charge in [-0.1, -0.05) is 23.9 Å². The summed E-state index contributed by atoms with van der Waals surface area (Å²) in [5.41, 5.74) is 0.263. The second-order valence-electron chi connectivity index (χ2n) is 3.41. The van der Waals surface area contributed by atoms with Gasteiger partial charge in [-0.05, 0) is 24.3 Å². The van der Waals surface area contributed by atoms with Gasteiger partial charge in [-0.25, -0.2) is 0 Å². The molecule has 5 nitrogen and oxygen atoms in total. The minimum atomic E-state index is -0.276. The third-order valence-electron chi connectivity index (χ3n) is 2.18. The van der Waals surface area contributed by atoms with E-state index in [2.05, 4.69) is 15.5 Å². The van der Waals surface area contributed by atoms with E-state index in [1.165, 1.54) is 18.8 Å². The van der Waals surface area contributed by atoms with E-state index in [-0.39, 0.29) is 17.4 Å². The van der Waals surface area contributed by atoms with Crippen molar-refractivity contribution in [2.24, 2.45) is 0 Å². The summed E-state index contributed by atoms with van der Waals surface area (Å²) in [5, 5.41) is 20.4. The SMILES string of the molecule is CNC(=O)c1ccc(Sc2ccccc2O)nn1. The van der Waals surface area contributed by atoms with Crippen LogP contribution in [0, 0.1) is 0 Å². The summed E-state index contributed by atoms with van der Waals surface area (Å²) in [6.45, 7) is 0. The molecule has 0 aliphatic heterocycles. The van der Waals surface area contributed by atoms with Crippen molar-refractivity contribution >= 4 is 17.7 Å². The zero-order valence-corrected chi connectivity index (χ0v) is 10.4. The summed E-state index contributed by atoms with van der Waals surface area (Å²) in [4.78, 5) is 12.0. The van der Waals surface area contributed by atoms with Gasteiger partial charge in [0.1, 0.15) is 10.8 Å².